The Morgan fingerprint density at radius 1 is 1.50 bits per heavy atom. The lowest BCUT2D eigenvalue weighted by Gasteiger charge is -2.01. The zero-order valence-electron chi connectivity index (χ0n) is 6.44. The van der Waals surface area contributed by atoms with Crippen LogP contribution >= 0.6 is 0 Å². The fraction of sp³-hybridized carbons (Fsp3) is 0.625. The van der Waals surface area contributed by atoms with Gasteiger partial charge in [0.2, 0.25) is 0 Å². The van der Waals surface area contributed by atoms with Crippen LogP contribution in [0.25, 0.3) is 0 Å². The Bertz CT molecular complexity index is 180. The molecule has 0 atom stereocenters. The third-order valence-electron chi connectivity index (χ3n) is 1.66. The first-order valence-corrected chi connectivity index (χ1v) is 3.61. The number of ether oxygens (including phenoxy) is 1. The van der Waals surface area contributed by atoms with Gasteiger partial charge in [-0.05, 0) is 25.8 Å². The second kappa shape index (κ2) is 2.86. The van der Waals surface area contributed by atoms with Crippen molar-refractivity contribution < 1.29 is 9.53 Å². The van der Waals surface area contributed by atoms with E-state index in [4.69, 9.17) is 4.74 Å². The quantitative estimate of drug-likeness (QED) is 0.583. The summed E-state index contributed by atoms with van der Waals surface area (Å²) in [5, 5.41) is 0. The molecule has 0 unspecified atom stereocenters. The largest absolute Gasteiger partial charge is 0.490 e. The molecule has 0 saturated heterocycles. The lowest BCUT2D eigenvalue weighted by Crippen LogP contribution is -2.00. The monoisotopic (exact) mass is 140 g/mol. The molecule has 0 spiro atoms. The number of carbonyl (C=O) groups is 1. The molecule has 2 nitrogen and oxygen atoms in total. The van der Waals surface area contributed by atoms with Crippen molar-refractivity contribution in [2.75, 3.05) is 6.61 Å². The van der Waals surface area contributed by atoms with E-state index < -0.39 is 0 Å². The summed E-state index contributed by atoms with van der Waals surface area (Å²) in [6, 6.07) is 0. The number of rotatable bonds is 2. The number of carbonyl (C=O) groups excluding carboxylic acids is 1. The van der Waals surface area contributed by atoms with Crippen molar-refractivity contribution in [1.82, 2.24) is 0 Å². The third kappa shape index (κ3) is 1.20. The molecule has 0 fully saturated rings. The van der Waals surface area contributed by atoms with E-state index >= 15 is 0 Å². The second-order valence-corrected chi connectivity index (χ2v) is 2.47. The molecule has 56 valence electrons. The molecular weight excluding hydrogens is 128 g/mol. The maximum atomic E-state index is 11.0. The first kappa shape index (κ1) is 7.32. The van der Waals surface area contributed by atoms with E-state index in [-0.39, 0.29) is 5.78 Å². The first-order chi connectivity index (χ1) is 4.75. The Labute approximate surface area is 60.9 Å². The number of Topliss-reactive ketones (excluding diaryl/α,β-unsaturated/α-hetero) is 1. The summed E-state index contributed by atoms with van der Waals surface area (Å²) in [6.07, 6.45) is 1.52. The minimum atomic E-state index is 0.166. The lowest BCUT2D eigenvalue weighted by molar-refractivity contribution is -0.117. The van der Waals surface area contributed by atoms with Gasteiger partial charge in [0, 0.05) is 6.42 Å². The Balaban J connectivity index is 2.68. The second-order valence-electron chi connectivity index (χ2n) is 2.47. The molecule has 1 aliphatic rings. The van der Waals surface area contributed by atoms with Crippen LogP contribution in [0.4, 0.5) is 0 Å². The maximum absolute atomic E-state index is 11.0. The van der Waals surface area contributed by atoms with E-state index in [9.17, 15) is 4.79 Å². The van der Waals surface area contributed by atoms with Crippen LogP contribution in [0.1, 0.15) is 26.7 Å². The summed E-state index contributed by atoms with van der Waals surface area (Å²) >= 11 is 0. The molecule has 0 radical (unpaired) electrons. The van der Waals surface area contributed by atoms with Gasteiger partial charge in [0.05, 0.1) is 6.61 Å². The van der Waals surface area contributed by atoms with Gasteiger partial charge in [-0.15, -0.1) is 0 Å². The smallest absolute Gasteiger partial charge is 0.197 e. The van der Waals surface area contributed by atoms with E-state index in [1.54, 1.807) is 0 Å². The van der Waals surface area contributed by atoms with E-state index in [0.717, 1.165) is 12.0 Å². The minimum absolute atomic E-state index is 0.166. The van der Waals surface area contributed by atoms with Crippen LogP contribution in [0.5, 0.6) is 0 Å². The molecule has 0 heterocycles. The Hall–Kier alpha value is -0.790. The van der Waals surface area contributed by atoms with Crippen LogP contribution in [0.3, 0.4) is 0 Å². The topological polar surface area (TPSA) is 26.3 Å². The molecule has 0 aromatic carbocycles. The third-order valence-corrected chi connectivity index (χ3v) is 1.66. The van der Waals surface area contributed by atoms with Gasteiger partial charge in [-0.2, -0.15) is 0 Å². The van der Waals surface area contributed by atoms with Gasteiger partial charge in [-0.3, -0.25) is 4.79 Å². The van der Waals surface area contributed by atoms with E-state index in [1.165, 1.54) is 0 Å². The Morgan fingerprint density at radius 2 is 2.20 bits per heavy atom. The standard InChI is InChI=1S/C8H12O2/c1-3-10-8-6(2)4-5-7(8)9/h3-5H2,1-2H3. The molecule has 0 aliphatic heterocycles. The lowest BCUT2D eigenvalue weighted by atomic mass is 10.3. The predicted octanol–water partition coefficient (Wildman–Crippen LogP) is 1.66. The van der Waals surface area contributed by atoms with Crippen molar-refractivity contribution in [3.8, 4) is 0 Å². The summed E-state index contributed by atoms with van der Waals surface area (Å²) in [4.78, 5) is 11.0. The van der Waals surface area contributed by atoms with Gasteiger partial charge in [0.25, 0.3) is 0 Å². The molecule has 0 N–H and O–H groups in total. The summed E-state index contributed by atoms with van der Waals surface area (Å²) in [7, 11) is 0. The Morgan fingerprint density at radius 3 is 2.60 bits per heavy atom. The van der Waals surface area contributed by atoms with Crippen LogP contribution in [0.2, 0.25) is 0 Å². The van der Waals surface area contributed by atoms with Crippen molar-refractivity contribution in [3.63, 3.8) is 0 Å². The number of allylic oxidation sites excluding steroid dienone is 2. The van der Waals surface area contributed by atoms with Crippen LogP contribution in [0.15, 0.2) is 11.3 Å². The molecule has 1 aliphatic carbocycles. The first-order valence-electron chi connectivity index (χ1n) is 3.61. The number of hydrogen-bond donors (Lipinski definition) is 0. The van der Waals surface area contributed by atoms with Crippen LogP contribution < -0.4 is 0 Å². The van der Waals surface area contributed by atoms with Crippen LogP contribution in [-0.2, 0) is 9.53 Å². The normalized spacial score (nSPS) is 18.4. The van der Waals surface area contributed by atoms with Crippen LogP contribution in [-0.4, -0.2) is 12.4 Å². The molecule has 0 saturated carbocycles. The average molecular weight is 140 g/mol. The molecule has 10 heavy (non-hydrogen) atoms. The van der Waals surface area contributed by atoms with Gasteiger partial charge < -0.3 is 4.74 Å². The molecule has 0 amide bonds. The van der Waals surface area contributed by atoms with Gasteiger partial charge in [-0.25, -0.2) is 0 Å². The zero-order chi connectivity index (χ0) is 7.56. The van der Waals surface area contributed by atoms with Crippen molar-refractivity contribution in [2.45, 2.75) is 26.7 Å². The van der Waals surface area contributed by atoms with E-state index in [1.807, 2.05) is 13.8 Å². The molecule has 0 bridgehead atoms. The number of hydrogen-bond acceptors (Lipinski definition) is 2. The highest BCUT2D eigenvalue weighted by atomic mass is 16.5. The summed E-state index contributed by atoms with van der Waals surface area (Å²) in [5.74, 6) is 0.779. The fourth-order valence-corrected chi connectivity index (χ4v) is 1.11. The van der Waals surface area contributed by atoms with Gasteiger partial charge in [0.1, 0.15) is 0 Å². The molecule has 0 aromatic rings. The maximum Gasteiger partial charge on any atom is 0.197 e. The summed E-state index contributed by atoms with van der Waals surface area (Å²) < 4.78 is 5.16. The highest BCUT2D eigenvalue weighted by Crippen LogP contribution is 2.22. The van der Waals surface area contributed by atoms with Crippen LogP contribution in [0, 0.1) is 0 Å². The summed E-state index contributed by atoms with van der Waals surface area (Å²) in [5.41, 5.74) is 1.10. The average Bonchev–Trinajstić information content (AvgIpc) is 2.20. The van der Waals surface area contributed by atoms with Crippen molar-refractivity contribution in [1.29, 1.82) is 0 Å². The minimum Gasteiger partial charge on any atom is -0.490 e. The van der Waals surface area contributed by atoms with Crippen molar-refractivity contribution in [3.05, 3.63) is 11.3 Å². The van der Waals surface area contributed by atoms with Crippen molar-refractivity contribution in [2.24, 2.45) is 0 Å². The highest BCUT2D eigenvalue weighted by molar-refractivity contribution is 5.96. The summed E-state index contributed by atoms with van der Waals surface area (Å²) in [6.45, 7) is 4.44. The molecule has 2 heteroatoms. The van der Waals surface area contributed by atoms with E-state index in [0.29, 0.717) is 18.8 Å². The zero-order valence-corrected chi connectivity index (χ0v) is 6.44. The van der Waals surface area contributed by atoms with Gasteiger partial charge in [0.15, 0.2) is 11.5 Å². The van der Waals surface area contributed by atoms with E-state index in [2.05, 4.69) is 0 Å². The predicted molar refractivity (Wildman–Crippen MR) is 38.6 cm³/mol. The molecular formula is C8H12O2. The SMILES string of the molecule is CCOC1=C(C)CCC1=O. The molecule has 1 rings (SSSR count). The van der Waals surface area contributed by atoms with Gasteiger partial charge in [-0.1, -0.05) is 0 Å². The fourth-order valence-electron chi connectivity index (χ4n) is 1.11. The highest BCUT2D eigenvalue weighted by Gasteiger charge is 2.20. The number of ketones is 1. The molecule has 0 aromatic heterocycles. The van der Waals surface area contributed by atoms with Gasteiger partial charge >= 0.3 is 0 Å². The Kier molecular flexibility index (Phi) is 2.10. The van der Waals surface area contributed by atoms with Crippen molar-refractivity contribution >= 4 is 5.78 Å².